The summed E-state index contributed by atoms with van der Waals surface area (Å²) < 4.78 is 0. The Bertz CT molecular complexity index is 642. The van der Waals surface area contributed by atoms with E-state index >= 15 is 0 Å². The molecule has 2 heterocycles. The van der Waals surface area contributed by atoms with Crippen molar-refractivity contribution in [2.45, 2.75) is 52.6 Å². The van der Waals surface area contributed by atoms with Crippen LogP contribution in [0.25, 0.3) is 0 Å². The molecule has 1 amide bonds. The van der Waals surface area contributed by atoms with Crippen LogP contribution in [-0.2, 0) is 13.0 Å². The first-order valence-corrected chi connectivity index (χ1v) is 9.54. The van der Waals surface area contributed by atoms with E-state index in [0.29, 0.717) is 12.0 Å². The number of hydrogen-bond donors (Lipinski definition) is 0. The van der Waals surface area contributed by atoms with Crippen molar-refractivity contribution < 1.29 is 4.79 Å². The van der Waals surface area contributed by atoms with E-state index in [-0.39, 0.29) is 5.91 Å². The highest BCUT2D eigenvalue weighted by atomic mass is 32.1. The van der Waals surface area contributed by atoms with Crippen molar-refractivity contribution >= 4 is 28.6 Å². The molecule has 118 valence electrons. The van der Waals surface area contributed by atoms with Crippen molar-refractivity contribution in [2.75, 3.05) is 0 Å². The lowest BCUT2D eigenvalue weighted by Gasteiger charge is -2.21. The SMILES string of the molecule is Cc1nc(CC(C)C)sc1C(=O)N(Cc1cccs1)C1CC1. The van der Waals surface area contributed by atoms with E-state index < -0.39 is 0 Å². The van der Waals surface area contributed by atoms with Gasteiger partial charge in [0.2, 0.25) is 0 Å². The maximum absolute atomic E-state index is 13.0. The number of nitrogens with zero attached hydrogens (tertiary/aromatic N) is 2. The molecule has 0 N–H and O–H groups in total. The Kier molecular flexibility index (Phi) is 4.64. The van der Waals surface area contributed by atoms with Gasteiger partial charge in [0.15, 0.2) is 0 Å². The van der Waals surface area contributed by atoms with Gasteiger partial charge in [0.25, 0.3) is 5.91 Å². The van der Waals surface area contributed by atoms with Gasteiger partial charge in [-0.1, -0.05) is 19.9 Å². The van der Waals surface area contributed by atoms with Gasteiger partial charge in [0, 0.05) is 17.3 Å². The number of carbonyl (C=O) groups excluding carboxylic acids is 1. The Morgan fingerprint density at radius 2 is 2.23 bits per heavy atom. The van der Waals surface area contributed by atoms with Crippen LogP contribution in [0.1, 0.15) is 51.9 Å². The van der Waals surface area contributed by atoms with Gasteiger partial charge in [-0.25, -0.2) is 4.98 Å². The Hall–Kier alpha value is -1.20. The normalized spacial score (nSPS) is 14.5. The van der Waals surface area contributed by atoms with Gasteiger partial charge in [-0.05, 0) is 37.1 Å². The number of thiazole rings is 1. The molecule has 1 fully saturated rings. The maximum Gasteiger partial charge on any atom is 0.266 e. The average Bonchev–Trinajstić information content (AvgIpc) is 3.04. The van der Waals surface area contributed by atoms with Gasteiger partial charge in [0.1, 0.15) is 4.88 Å². The third kappa shape index (κ3) is 3.58. The lowest BCUT2D eigenvalue weighted by Crippen LogP contribution is -2.32. The van der Waals surface area contributed by atoms with Crippen molar-refractivity contribution in [3.8, 4) is 0 Å². The van der Waals surface area contributed by atoms with Crippen LogP contribution in [0.3, 0.4) is 0 Å². The molecule has 1 aliphatic carbocycles. The predicted molar refractivity (Wildman–Crippen MR) is 92.6 cm³/mol. The van der Waals surface area contributed by atoms with Crippen LogP contribution in [0.15, 0.2) is 17.5 Å². The molecule has 3 nitrogen and oxygen atoms in total. The van der Waals surface area contributed by atoms with Crippen molar-refractivity contribution in [1.82, 2.24) is 9.88 Å². The highest BCUT2D eigenvalue weighted by Gasteiger charge is 2.34. The Morgan fingerprint density at radius 1 is 1.45 bits per heavy atom. The second-order valence-corrected chi connectivity index (χ2v) is 8.48. The summed E-state index contributed by atoms with van der Waals surface area (Å²) in [4.78, 5) is 21.7. The van der Waals surface area contributed by atoms with E-state index in [1.54, 1.807) is 22.7 Å². The van der Waals surface area contributed by atoms with E-state index in [1.165, 1.54) is 4.88 Å². The van der Waals surface area contributed by atoms with Crippen LogP contribution in [-0.4, -0.2) is 21.8 Å². The highest BCUT2D eigenvalue weighted by molar-refractivity contribution is 7.13. The van der Waals surface area contributed by atoms with Crippen molar-refractivity contribution in [1.29, 1.82) is 0 Å². The van der Waals surface area contributed by atoms with Crippen LogP contribution in [0.2, 0.25) is 0 Å². The van der Waals surface area contributed by atoms with Gasteiger partial charge >= 0.3 is 0 Å². The van der Waals surface area contributed by atoms with Crippen LogP contribution >= 0.6 is 22.7 Å². The quantitative estimate of drug-likeness (QED) is 0.778. The van der Waals surface area contributed by atoms with Crippen LogP contribution < -0.4 is 0 Å². The van der Waals surface area contributed by atoms with Gasteiger partial charge in [0.05, 0.1) is 17.2 Å². The molecule has 0 aliphatic heterocycles. The zero-order valence-corrected chi connectivity index (χ0v) is 15.0. The smallest absolute Gasteiger partial charge is 0.266 e. The number of thiophene rings is 1. The molecule has 22 heavy (non-hydrogen) atoms. The molecule has 5 heteroatoms. The van der Waals surface area contributed by atoms with Crippen molar-refractivity contribution in [3.63, 3.8) is 0 Å². The largest absolute Gasteiger partial charge is 0.330 e. The Labute approximate surface area is 140 Å². The summed E-state index contributed by atoms with van der Waals surface area (Å²) in [5.41, 5.74) is 0.891. The first kappa shape index (κ1) is 15.7. The molecule has 0 unspecified atom stereocenters. The van der Waals surface area contributed by atoms with Gasteiger partial charge in [-0.3, -0.25) is 4.79 Å². The molecular weight excluding hydrogens is 312 g/mol. The summed E-state index contributed by atoms with van der Waals surface area (Å²) in [6, 6.07) is 4.58. The van der Waals surface area contributed by atoms with E-state index in [4.69, 9.17) is 0 Å². The van der Waals surface area contributed by atoms with Gasteiger partial charge in [-0.15, -0.1) is 22.7 Å². The summed E-state index contributed by atoms with van der Waals surface area (Å²) in [5.74, 6) is 0.736. The zero-order valence-electron chi connectivity index (χ0n) is 13.3. The predicted octanol–water partition coefficient (Wildman–Crippen LogP) is 4.52. The number of hydrogen-bond acceptors (Lipinski definition) is 4. The lowest BCUT2D eigenvalue weighted by molar-refractivity contribution is 0.0735. The fraction of sp³-hybridized carbons (Fsp3) is 0.529. The number of aryl methyl sites for hydroxylation is 1. The van der Waals surface area contributed by atoms with Gasteiger partial charge in [-0.2, -0.15) is 0 Å². The molecule has 3 rings (SSSR count). The second kappa shape index (κ2) is 6.50. The summed E-state index contributed by atoms with van der Waals surface area (Å²) in [5, 5.41) is 3.16. The molecule has 2 aromatic heterocycles. The lowest BCUT2D eigenvalue weighted by atomic mass is 10.1. The van der Waals surface area contributed by atoms with Gasteiger partial charge < -0.3 is 4.90 Å². The minimum atomic E-state index is 0.168. The van der Waals surface area contributed by atoms with E-state index in [9.17, 15) is 4.79 Å². The minimum absolute atomic E-state index is 0.168. The third-order valence-electron chi connectivity index (χ3n) is 3.77. The molecule has 0 spiro atoms. The summed E-state index contributed by atoms with van der Waals surface area (Å²) >= 11 is 3.30. The monoisotopic (exact) mass is 334 g/mol. The standard InChI is InChI=1S/C17H22N2OS2/c1-11(2)9-15-18-12(3)16(22-15)17(20)19(13-6-7-13)10-14-5-4-8-21-14/h4-5,8,11,13H,6-7,9-10H2,1-3H3. The average molecular weight is 335 g/mol. The molecular formula is C17H22N2OS2. The van der Waals surface area contributed by atoms with E-state index in [2.05, 4.69) is 30.3 Å². The zero-order chi connectivity index (χ0) is 15.7. The van der Waals surface area contributed by atoms with Crippen LogP contribution in [0.4, 0.5) is 0 Å². The van der Waals surface area contributed by atoms with Crippen molar-refractivity contribution in [2.24, 2.45) is 5.92 Å². The number of carbonyl (C=O) groups is 1. The van der Waals surface area contributed by atoms with Crippen molar-refractivity contribution in [3.05, 3.63) is 38.0 Å². The summed E-state index contributed by atoms with van der Waals surface area (Å²) in [6.07, 6.45) is 3.22. The highest BCUT2D eigenvalue weighted by Crippen LogP contribution is 2.32. The Balaban J connectivity index is 1.79. The molecule has 0 saturated heterocycles. The first-order valence-electron chi connectivity index (χ1n) is 7.84. The fourth-order valence-electron chi connectivity index (χ4n) is 2.54. The molecule has 0 radical (unpaired) electrons. The number of rotatable bonds is 6. The molecule has 0 aromatic carbocycles. The fourth-order valence-corrected chi connectivity index (χ4v) is 4.48. The second-order valence-electron chi connectivity index (χ2n) is 6.36. The van der Waals surface area contributed by atoms with E-state index in [1.807, 2.05) is 17.9 Å². The molecule has 2 aromatic rings. The maximum atomic E-state index is 13.0. The molecule has 1 aliphatic rings. The first-order chi connectivity index (χ1) is 10.5. The Morgan fingerprint density at radius 3 is 2.82 bits per heavy atom. The summed E-state index contributed by atoms with van der Waals surface area (Å²) in [7, 11) is 0. The van der Waals surface area contributed by atoms with E-state index in [0.717, 1.165) is 41.4 Å². The molecule has 0 atom stereocenters. The molecule has 1 saturated carbocycles. The van der Waals surface area contributed by atoms with Crippen LogP contribution in [0, 0.1) is 12.8 Å². The van der Waals surface area contributed by atoms with Crippen LogP contribution in [0.5, 0.6) is 0 Å². The molecule has 0 bridgehead atoms. The number of amides is 1. The summed E-state index contributed by atoms with van der Waals surface area (Å²) in [6.45, 7) is 7.07. The third-order valence-corrected chi connectivity index (χ3v) is 5.80. The topological polar surface area (TPSA) is 33.2 Å². The minimum Gasteiger partial charge on any atom is -0.330 e. The number of aromatic nitrogens is 1.